The Morgan fingerprint density at radius 3 is 1.84 bits per heavy atom. The van der Waals surface area contributed by atoms with Crippen molar-refractivity contribution < 1.29 is 4.74 Å². The minimum atomic E-state index is -0.489. The SMILES string of the molecule is NCC1=CC(c2ccccc2)(c2ccccc2)OC1. The second kappa shape index (κ2) is 5.00. The van der Waals surface area contributed by atoms with Crippen molar-refractivity contribution in [3.8, 4) is 0 Å². The Hall–Kier alpha value is -1.90. The molecule has 3 rings (SSSR count). The van der Waals surface area contributed by atoms with E-state index in [1.807, 2.05) is 36.4 Å². The first-order valence-corrected chi connectivity index (χ1v) is 6.51. The van der Waals surface area contributed by atoms with E-state index in [9.17, 15) is 0 Å². The van der Waals surface area contributed by atoms with Gasteiger partial charge in [-0.15, -0.1) is 0 Å². The molecule has 0 bridgehead atoms. The highest BCUT2D eigenvalue weighted by atomic mass is 16.5. The van der Waals surface area contributed by atoms with Crippen molar-refractivity contribution >= 4 is 0 Å². The molecular formula is C17H17NO. The molecule has 0 radical (unpaired) electrons. The summed E-state index contributed by atoms with van der Waals surface area (Å²) in [6.45, 7) is 1.14. The molecule has 2 aromatic carbocycles. The summed E-state index contributed by atoms with van der Waals surface area (Å²) in [5.74, 6) is 0. The molecule has 96 valence electrons. The van der Waals surface area contributed by atoms with Crippen LogP contribution < -0.4 is 5.73 Å². The Kier molecular flexibility index (Phi) is 3.20. The summed E-state index contributed by atoms with van der Waals surface area (Å²) in [5.41, 5.74) is 8.71. The van der Waals surface area contributed by atoms with Crippen LogP contribution in [-0.4, -0.2) is 13.2 Å². The van der Waals surface area contributed by atoms with E-state index in [1.165, 1.54) is 0 Å². The van der Waals surface area contributed by atoms with Crippen molar-refractivity contribution in [3.05, 3.63) is 83.4 Å². The Morgan fingerprint density at radius 1 is 0.895 bits per heavy atom. The number of hydrogen-bond donors (Lipinski definition) is 1. The zero-order chi connectivity index (χ0) is 13.1. The highest BCUT2D eigenvalue weighted by molar-refractivity contribution is 5.44. The fraction of sp³-hybridized carbons (Fsp3) is 0.176. The molecule has 0 aliphatic carbocycles. The van der Waals surface area contributed by atoms with Gasteiger partial charge in [0.05, 0.1) is 6.61 Å². The van der Waals surface area contributed by atoms with E-state index in [0.717, 1.165) is 16.7 Å². The monoisotopic (exact) mass is 251 g/mol. The van der Waals surface area contributed by atoms with Crippen LogP contribution in [0.4, 0.5) is 0 Å². The third-order valence-electron chi connectivity index (χ3n) is 3.56. The van der Waals surface area contributed by atoms with Gasteiger partial charge in [-0.1, -0.05) is 60.7 Å². The van der Waals surface area contributed by atoms with Gasteiger partial charge < -0.3 is 10.5 Å². The quantitative estimate of drug-likeness (QED) is 0.851. The molecule has 2 N–H and O–H groups in total. The van der Waals surface area contributed by atoms with Crippen molar-refractivity contribution in [2.24, 2.45) is 5.73 Å². The van der Waals surface area contributed by atoms with Crippen LogP contribution in [0, 0.1) is 0 Å². The van der Waals surface area contributed by atoms with Crippen LogP contribution in [-0.2, 0) is 10.3 Å². The van der Waals surface area contributed by atoms with Crippen LogP contribution >= 0.6 is 0 Å². The number of ether oxygens (including phenoxy) is 1. The molecule has 0 spiro atoms. The highest BCUT2D eigenvalue weighted by Gasteiger charge is 2.37. The van der Waals surface area contributed by atoms with Crippen LogP contribution in [0.5, 0.6) is 0 Å². The van der Waals surface area contributed by atoms with E-state index in [4.69, 9.17) is 10.5 Å². The van der Waals surface area contributed by atoms with Crippen molar-refractivity contribution in [1.82, 2.24) is 0 Å². The molecular weight excluding hydrogens is 234 g/mol. The van der Waals surface area contributed by atoms with E-state index in [0.29, 0.717) is 13.2 Å². The first-order valence-electron chi connectivity index (χ1n) is 6.51. The fourth-order valence-electron chi connectivity index (χ4n) is 2.57. The lowest BCUT2D eigenvalue weighted by molar-refractivity contribution is 0.0551. The van der Waals surface area contributed by atoms with E-state index in [2.05, 4.69) is 30.3 Å². The largest absolute Gasteiger partial charge is 0.357 e. The van der Waals surface area contributed by atoms with E-state index < -0.39 is 5.60 Å². The first kappa shape index (κ1) is 12.2. The molecule has 0 aromatic heterocycles. The van der Waals surface area contributed by atoms with Crippen LogP contribution in [0.25, 0.3) is 0 Å². The molecule has 1 aliphatic heterocycles. The van der Waals surface area contributed by atoms with Crippen molar-refractivity contribution in [3.63, 3.8) is 0 Å². The highest BCUT2D eigenvalue weighted by Crippen LogP contribution is 2.39. The molecule has 0 unspecified atom stereocenters. The van der Waals surface area contributed by atoms with E-state index >= 15 is 0 Å². The minimum absolute atomic E-state index is 0.489. The second-order valence-corrected chi connectivity index (χ2v) is 4.76. The van der Waals surface area contributed by atoms with Gasteiger partial charge in [0.1, 0.15) is 5.60 Å². The number of benzene rings is 2. The van der Waals surface area contributed by atoms with Crippen LogP contribution in [0.1, 0.15) is 11.1 Å². The van der Waals surface area contributed by atoms with Gasteiger partial charge in [0.2, 0.25) is 0 Å². The Labute approximate surface area is 113 Å². The van der Waals surface area contributed by atoms with Gasteiger partial charge in [-0.3, -0.25) is 0 Å². The molecule has 1 aliphatic rings. The molecule has 0 fully saturated rings. The maximum atomic E-state index is 6.14. The zero-order valence-corrected chi connectivity index (χ0v) is 10.8. The Bertz CT molecular complexity index is 535. The summed E-state index contributed by atoms with van der Waals surface area (Å²) in [6, 6.07) is 20.6. The van der Waals surface area contributed by atoms with Gasteiger partial charge >= 0.3 is 0 Å². The lowest BCUT2D eigenvalue weighted by Gasteiger charge is -2.28. The maximum Gasteiger partial charge on any atom is 0.137 e. The summed E-state index contributed by atoms with van der Waals surface area (Å²) in [6.07, 6.45) is 2.16. The summed E-state index contributed by atoms with van der Waals surface area (Å²) in [5, 5.41) is 0. The van der Waals surface area contributed by atoms with Crippen LogP contribution in [0.3, 0.4) is 0 Å². The van der Waals surface area contributed by atoms with Crippen LogP contribution in [0.2, 0.25) is 0 Å². The molecule has 0 amide bonds. The third kappa shape index (κ3) is 2.09. The Morgan fingerprint density at radius 2 is 1.42 bits per heavy atom. The Balaban J connectivity index is 2.16. The molecule has 0 saturated carbocycles. The third-order valence-corrected chi connectivity index (χ3v) is 3.56. The van der Waals surface area contributed by atoms with Crippen molar-refractivity contribution in [2.45, 2.75) is 5.60 Å². The van der Waals surface area contributed by atoms with Crippen molar-refractivity contribution in [1.29, 1.82) is 0 Å². The maximum absolute atomic E-state index is 6.14. The summed E-state index contributed by atoms with van der Waals surface area (Å²) >= 11 is 0. The van der Waals surface area contributed by atoms with Gasteiger partial charge in [-0.25, -0.2) is 0 Å². The zero-order valence-electron chi connectivity index (χ0n) is 10.8. The summed E-state index contributed by atoms with van der Waals surface area (Å²) < 4.78 is 6.14. The normalized spacial score (nSPS) is 17.2. The smallest absolute Gasteiger partial charge is 0.137 e. The lowest BCUT2D eigenvalue weighted by Crippen LogP contribution is -2.25. The van der Waals surface area contributed by atoms with E-state index in [1.54, 1.807) is 0 Å². The predicted molar refractivity (Wildman–Crippen MR) is 76.8 cm³/mol. The molecule has 2 aromatic rings. The summed E-state index contributed by atoms with van der Waals surface area (Å²) in [7, 11) is 0. The van der Waals surface area contributed by atoms with E-state index in [-0.39, 0.29) is 0 Å². The fourth-order valence-corrected chi connectivity index (χ4v) is 2.57. The van der Waals surface area contributed by atoms with Gasteiger partial charge in [0.15, 0.2) is 0 Å². The molecule has 2 heteroatoms. The van der Waals surface area contributed by atoms with Gasteiger partial charge in [-0.05, 0) is 22.8 Å². The minimum Gasteiger partial charge on any atom is -0.357 e. The number of nitrogens with two attached hydrogens (primary N) is 1. The predicted octanol–water partition coefficient (Wildman–Crippen LogP) is 2.85. The van der Waals surface area contributed by atoms with Crippen LogP contribution in [0.15, 0.2) is 72.3 Å². The molecule has 0 saturated heterocycles. The molecule has 1 heterocycles. The number of hydrogen-bond acceptors (Lipinski definition) is 2. The average molecular weight is 251 g/mol. The second-order valence-electron chi connectivity index (χ2n) is 4.76. The van der Waals surface area contributed by atoms with Gasteiger partial charge in [0.25, 0.3) is 0 Å². The van der Waals surface area contributed by atoms with Gasteiger partial charge in [0, 0.05) is 6.54 Å². The lowest BCUT2D eigenvalue weighted by atomic mass is 9.86. The standard InChI is InChI=1S/C17H17NO/c18-12-14-11-17(19-13-14,15-7-3-1-4-8-15)16-9-5-2-6-10-16/h1-11H,12-13,18H2. The molecule has 19 heavy (non-hydrogen) atoms. The average Bonchev–Trinajstić information content (AvgIpc) is 2.95. The number of rotatable bonds is 3. The topological polar surface area (TPSA) is 35.2 Å². The molecule has 2 nitrogen and oxygen atoms in total. The van der Waals surface area contributed by atoms with Gasteiger partial charge in [-0.2, -0.15) is 0 Å². The van der Waals surface area contributed by atoms with Crippen molar-refractivity contribution in [2.75, 3.05) is 13.2 Å². The molecule has 0 atom stereocenters. The summed E-state index contributed by atoms with van der Waals surface area (Å²) in [4.78, 5) is 0. The first-order chi connectivity index (χ1) is 9.35.